The summed E-state index contributed by atoms with van der Waals surface area (Å²) in [6.07, 6.45) is 4.81. The van der Waals surface area contributed by atoms with Gasteiger partial charge in [0.05, 0.1) is 19.7 Å². The number of hydrogen-bond donors (Lipinski definition) is 1. The molecule has 0 heterocycles. The first-order valence-corrected chi connectivity index (χ1v) is 9.60. The number of fused-ring (bicyclic) bond motifs is 1. The van der Waals surface area contributed by atoms with Crippen LogP contribution in [0.25, 0.3) is 0 Å². The van der Waals surface area contributed by atoms with Crippen molar-refractivity contribution in [3.8, 4) is 6.07 Å². The lowest BCUT2D eigenvalue weighted by Gasteiger charge is -2.26. The van der Waals surface area contributed by atoms with Gasteiger partial charge in [-0.2, -0.15) is 5.26 Å². The van der Waals surface area contributed by atoms with Gasteiger partial charge < -0.3 is 5.73 Å². The van der Waals surface area contributed by atoms with E-state index < -0.39 is 8.07 Å². The van der Waals surface area contributed by atoms with Gasteiger partial charge in [-0.25, -0.2) is 0 Å². The SMILES string of the molecule is C[Si](C)(C)C1=C2CCCCC2C(C#N)=C1N. The monoisotopic (exact) mass is 232 g/mol. The lowest BCUT2D eigenvalue weighted by Crippen LogP contribution is -2.28. The van der Waals surface area contributed by atoms with Crippen LogP contribution in [0.1, 0.15) is 25.7 Å². The number of nitrogens with zero attached hydrogens (tertiary/aromatic N) is 1. The molecule has 2 rings (SSSR count). The summed E-state index contributed by atoms with van der Waals surface area (Å²) in [7, 11) is -1.41. The molecule has 2 aliphatic carbocycles. The molecule has 3 heteroatoms. The van der Waals surface area contributed by atoms with Gasteiger partial charge in [-0.05, 0) is 24.5 Å². The Morgan fingerprint density at radius 1 is 1.31 bits per heavy atom. The summed E-state index contributed by atoms with van der Waals surface area (Å²) in [5, 5.41) is 10.7. The third kappa shape index (κ3) is 1.62. The Kier molecular flexibility index (Phi) is 2.71. The third-order valence-electron chi connectivity index (χ3n) is 3.71. The van der Waals surface area contributed by atoms with Crippen molar-refractivity contribution < 1.29 is 0 Å². The van der Waals surface area contributed by atoms with E-state index >= 15 is 0 Å². The Morgan fingerprint density at radius 2 is 2.00 bits per heavy atom. The van der Waals surface area contributed by atoms with Crippen molar-refractivity contribution in [1.29, 1.82) is 5.26 Å². The molecule has 0 radical (unpaired) electrons. The molecule has 2 N–H and O–H groups in total. The highest BCUT2D eigenvalue weighted by Gasteiger charge is 2.38. The maximum Gasteiger partial charge on any atom is 0.0975 e. The highest BCUT2D eigenvalue weighted by atomic mass is 28.3. The van der Waals surface area contributed by atoms with Crippen molar-refractivity contribution in [3.05, 3.63) is 22.0 Å². The maximum absolute atomic E-state index is 9.26. The van der Waals surface area contributed by atoms with Crippen LogP contribution in [-0.2, 0) is 0 Å². The van der Waals surface area contributed by atoms with E-state index in [1.54, 1.807) is 0 Å². The minimum Gasteiger partial charge on any atom is -0.398 e. The second-order valence-electron chi connectivity index (χ2n) is 5.89. The molecule has 0 aromatic rings. The summed E-state index contributed by atoms with van der Waals surface area (Å²) in [4.78, 5) is 0. The van der Waals surface area contributed by atoms with Crippen molar-refractivity contribution in [2.24, 2.45) is 11.7 Å². The van der Waals surface area contributed by atoms with Gasteiger partial charge in [-0.15, -0.1) is 0 Å². The van der Waals surface area contributed by atoms with Gasteiger partial charge in [0.1, 0.15) is 0 Å². The topological polar surface area (TPSA) is 49.8 Å². The number of nitrogens with two attached hydrogens (primary N) is 1. The van der Waals surface area contributed by atoms with Gasteiger partial charge in [-0.3, -0.25) is 0 Å². The molecule has 0 saturated heterocycles. The van der Waals surface area contributed by atoms with Crippen LogP contribution in [0.2, 0.25) is 19.6 Å². The predicted octanol–water partition coefficient (Wildman–Crippen LogP) is 3.10. The summed E-state index contributed by atoms with van der Waals surface area (Å²) < 4.78 is 0. The van der Waals surface area contributed by atoms with Crippen LogP contribution in [0, 0.1) is 17.2 Å². The predicted molar refractivity (Wildman–Crippen MR) is 69.2 cm³/mol. The summed E-state index contributed by atoms with van der Waals surface area (Å²) in [5.74, 6) is 0.375. The lowest BCUT2D eigenvalue weighted by molar-refractivity contribution is 0.514. The molecule has 86 valence electrons. The average Bonchev–Trinajstić information content (AvgIpc) is 2.48. The minimum atomic E-state index is -1.41. The summed E-state index contributed by atoms with van der Waals surface area (Å²) in [6, 6.07) is 2.35. The molecule has 16 heavy (non-hydrogen) atoms. The smallest absolute Gasteiger partial charge is 0.0975 e. The second-order valence-corrected chi connectivity index (χ2v) is 10.9. The summed E-state index contributed by atoms with van der Waals surface area (Å²) in [6.45, 7) is 6.98. The van der Waals surface area contributed by atoms with Gasteiger partial charge >= 0.3 is 0 Å². The quantitative estimate of drug-likeness (QED) is 0.706. The van der Waals surface area contributed by atoms with E-state index in [9.17, 15) is 5.26 Å². The molecule has 1 unspecified atom stereocenters. The van der Waals surface area contributed by atoms with Crippen molar-refractivity contribution in [2.75, 3.05) is 0 Å². The van der Waals surface area contributed by atoms with Gasteiger partial charge in [0, 0.05) is 11.6 Å². The standard InChI is InChI=1S/C13H20N2Si/c1-16(2,3)13-10-7-5-4-6-9(10)11(8-14)12(13)15/h9H,4-7,15H2,1-3H3. The van der Waals surface area contributed by atoms with Gasteiger partial charge in [0.2, 0.25) is 0 Å². The molecule has 2 aliphatic rings. The zero-order valence-corrected chi connectivity index (χ0v) is 11.4. The van der Waals surface area contributed by atoms with Crippen LogP contribution in [0.5, 0.6) is 0 Å². The van der Waals surface area contributed by atoms with Crippen LogP contribution < -0.4 is 5.73 Å². The fourth-order valence-electron chi connectivity index (χ4n) is 3.15. The normalized spacial score (nSPS) is 25.8. The zero-order chi connectivity index (χ0) is 11.9. The first-order valence-electron chi connectivity index (χ1n) is 6.10. The molecule has 0 spiro atoms. The number of rotatable bonds is 1. The van der Waals surface area contributed by atoms with Crippen LogP contribution in [0.4, 0.5) is 0 Å². The molecular weight excluding hydrogens is 212 g/mol. The van der Waals surface area contributed by atoms with Crippen molar-refractivity contribution >= 4 is 8.07 Å². The molecule has 1 fully saturated rings. The molecular formula is C13H20N2Si. The zero-order valence-electron chi connectivity index (χ0n) is 10.4. The van der Waals surface area contributed by atoms with Gasteiger partial charge in [-0.1, -0.05) is 31.6 Å². The molecule has 1 atom stereocenters. The van der Waals surface area contributed by atoms with E-state index in [4.69, 9.17) is 5.73 Å². The number of nitriles is 1. The van der Waals surface area contributed by atoms with E-state index in [0.717, 1.165) is 24.1 Å². The number of hydrogen-bond acceptors (Lipinski definition) is 2. The first-order chi connectivity index (χ1) is 7.46. The summed E-state index contributed by atoms with van der Waals surface area (Å²) in [5.41, 5.74) is 9.43. The maximum atomic E-state index is 9.26. The molecule has 0 aliphatic heterocycles. The Hall–Kier alpha value is -1.01. The molecule has 0 aromatic carbocycles. The number of allylic oxidation sites excluding steroid dienone is 3. The van der Waals surface area contributed by atoms with Crippen molar-refractivity contribution in [2.45, 2.75) is 45.3 Å². The average molecular weight is 232 g/mol. The van der Waals surface area contributed by atoms with Gasteiger partial charge in [0.25, 0.3) is 0 Å². The van der Waals surface area contributed by atoms with Crippen LogP contribution >= 0.6 is 0 Å². The van der Waals surface area contributed by atoms with E-state index in [1.165, 1.54) is 23.6 Å². The van der Waals surface area contributed by atoms with Crippen LogP contribution in [-0.4, -0.2) is 8.07 Å². The van der Waals surface area contributed by atoms with E-state index in [1.807, 2.05) is 0 Å². The Bertz CT molecular complexity index is 418. The van der Waals surface area contributed by atoms with Crippen LogP contribution in [0.15, 0.2) is 22.0 Å². The molecule has 0 bridgehead atoms. The van der Waals surface area contributed by atoms with E-state index in [-0.39, 0.29) is 0 Å². The highest BCUT2D eigenvalue weighted by Crippen LogP contribution is 2.46. The fraction of sp³-hybridized carbons (Fsp3) is 0.615. The highest BCUT2D eigenvalue weighted by molar-refractivity contribution is 6.84. The Morgan fingerprint density at radius 3 is 2.56 bits per heavy atom. The molecule has 0 aromatic heterocycles. The summed E-state index contributed by atoms with van der Waals surface area (Å²) >= 11 is 0. The van der Waals surface area contributed by atoms with Crippen LogP contribution in [0.3, 0.4) is 0 Å². The van der Waals surface area contributed by atoms with Crippen molar-refractivity contribution in [1.82, 2.24) is 0 Å². The minimum absolute atomic E-state index is 0.375. The molecule has 0 amide bonds. The molecule has 1 saturated carbocycles. The van der Waals surface area contributed by atoms with Gasteiger partial charge in [0.15, 0.2) is 0 Å². The second kappa shape index (κ2) is 3.78. The first kappa shape index (κ1) is 11.5. The van der Waals surface area contributed by atoms with Crippen molar-refractivity contribution in [3.63, 3.8) is 0 Å². The Balaban J connectivity index is 2.54. The largest absolute Gasteiger partial charge is 0.398 e. The van der Waals surface area contributed by atoms with E-state index in [2.05, 4.69) is 25.7 Å². The molecule has 2 nitrogen and oxygen atoms in total. The Labute approximate surface area is 98.8 Å². The van der Waals surface area contributed by atoms with E-state index in [0.29, 0.717) is 5.92 Å². The third-order valence-corrected chi connectivity index (χ3v) is 5.80. The lowest BCUT2D eigenvalue weighted by atomic mass is 9.83. The fourth-order valence-corrected chi connectivity index (χ4v) is 5.35.